The first-order chi connectivity index (χ1) is 9.06. The highest BCUT2D eigenvalue weighted by Crippen LogP contribution is 2.17. The summed E-state index contributed by atoms with van der Waals surface area (Å²) in [6.07, 6.45) is 1.91. The van der Waals surface area contributed by atoms with Crippen molar-refractivity contribution in [2.24, 2.45) is 5.92 Å². The predicted octanol–water partition coefficient (Wildman–Crippen LogP) is 2.92. The molecule has 1 aliphatic rings. The molecule has 1 unspecified atom stereocenters. The van der Waals surface area contributed by atoms with Crippen molar-refractivity contribution in [2.75, 3.05) is 6.54 Å². The van der Waals surface area contributed by atoms with Crippen LogP contribution in [0.5, 0.6) is 0 Å². The molecule has 3 nitrogen and oxygen atoms in total. The average molecular weight is 261 g/mol. The lowest BCUT2D eigenvalue weighted by atomic mass is 9.98. The topological polar surface area (TPSA) is 38.3 Å². The van der Waals surface area contributed by atoms with Gasteiger partial charge in [-0.1, -0.05) is 19.9 Å². The van der Waals surface area contributed by atoms with E-state index >= 15 is 0 Å². The second-order valence-electron chi connectivity index (χ2n) is 5.76. The quantitative estimate of drug-likeness (QED) is 0.847. The van der Waals surface area contributed by atoms with Gasteiger partial charge in [0.15, 0.2) is 0 Å². The number of fused-ring (bicyclic) bond motifs is 1. The Kier molecular flexibility index (Phi) is 4.59. The van der Waals surface area contributed by atoms with E-state index in [2.05, 4.69) is 25.2 Å². The first kappa shape index (κ1) is 14.1. The van der Waals surface area contributed by atoms with E-state index < -0.39 is 0 Å². The molecule has 0 aliphatic carbocycles. The molecule has 1 aromatic carbocycles. The van der Waals surface area contributed by atoms with Crippen LogP contribution >= 0.6 is 0 Å². The second kappa shape index (κ2) is 6.20. The molecule has 1 aromatic rings. The third-order valence-electron chi connectivity index (χ3n) is 3.44. The zero-order valence-electron chi connectivity index (χ0n) is 12.0. The standard InChI is InChI=1S/C16H23NO2/c1-11(2)8-12(3)19-16(18)14-5-4-13-6-7-17-10-15(13)9-14/h4-5,9,11-12,17H,6-8,10H2,1-3H3. The molecule has 0 spiro atoms. The van der Waals surface area contributed by atoms with E-state index in [-0.39, 0.29) is 12.1 Å². The monoisotopic (exact) mass is 261 g/mol. The summed E-state index contributed by atoms with van der Waals surface area (Å²) >= 11 is 0. The lowest BCUT2D eigenvalue weighted by Crippen LogP contribution is -2.24. The fourth-order valence-electron chi connectivity index (χ4n) is 2.57. The number of ether oxygens (including phenoxy) is 1. The molecule has 1 atom stereocenters. The number of hydrogen-bond acceptors (Lipinski definition) is 3. The van der Waals surface area contributed by atoms with E-state index in [0.29, 0.717) is 11.5 Å². The fourth-order valence-corrected chi connectivity index (χ4v) is 2.57. The summed E-state index contributed by atoms with van der Waals surface area (Å²) < 4.78 is 5.48. The van der Waals surface area contributed by atoms with Crippen molar-refractivity contribution in [2.45, 2.75) is 46.3 Å². The normalized spacial score (nSPS) is 16.0. The molecule has 0 fully saturated rings. The van der Waals surface area contributed by atoms with Gasteiger partial charge in [-0.2, -0.15) is 0 Å². The van der Waals surface area contributed by atoms with Gasteiger partial charge in [0.2, 0.25) is 0 Å². The molecule has 0 amide bonds. The van der Waals surface area contributed by atoms with E-state index in [0.717, 1.165) is 25.9 Å². The highest BCUT2D eigenvalue weighted by atomic mass is 16.5. The van der Waals surface area contributed by atoms with Crippen LogP contribution in [0.25, 0.3) is 0 Å². The number of esters is 1. The summed E-state index contributed by atoms with van der Waals surface area (Å²) in [4.78, 5) is 12.1. The predicted molar refractivity (Wildman–Crippen MR) is 76.2 cm³/mol. The molecule has 19 heavy (non-hydrogen) atoms. The minimum atomic E-state index is -0.207. The first-order valence-corrected chi connectivity index (χ1v) is 7.09. The van der Waals surface area contributed by atoms with Crippen molar-refractivity contribution >= 4 is 5.97 Å². The van der Waals surface area contributed by atoms with Crippen LogP contribution in [0.2, 0.25) is 0 Å². The molecular weight excluding hydrogens is 238 g/mol. The number of carbonyl (C=O) groups excluding carboxylic acids is 1. The number of hydrogen-bond donors (Lipinski definition) is 1. The Hall–Kier alpha value is -1.35. The van der Waals surface area contributed by atoms with Gasteiger partial charge in [-0.05, 0) is 55.5 Å². The van der Waals surface area contributed by atoms with Gasteiger partial charge >= 0.3 is 5.97 Å². The van der Waals surface area contributed by atoms with Gasteiger partial charge in [-0.3, -0.25) is 0 Å². The molecular formula is C16H23NO2. The molecule has 3 heteroatoms. The van der Waals surface area contributed by atoms with Crippen LogP contribution in [0.15, 0.2) is 18.2 Å². The van der Waals surface area contributed by atoms with Crippen LogP contribution in [0, 0.1) is 5.92 Å². The van der Waals surface area contributed by atoms with Gasteiger partial charge in [-0.25, -0.2) is 4.79 Å². The van der Waals surface area contributed by atoms with Crippen LogP contribution in [0.4, 0.5) is 0 Å². The molecule has 104 valence electrons. The minimum absolute atomic E-state index is 0.0262. The molecule has 0 aromatic heterocycles. The van der Waals surface area contributed by atoms with Gasteiger partial charge in [0.25, 0.3) is 0 Å². The van der Waals surface area contributed by atoms with Gasteiger partial charge in [-0.15, -0.1) is 0 Å². The van der Waals surface area contributed by atoms with E-state index in [1.165, 1.54) is 11.1 Å². The Bertz CT molecular complexity index is 454. The van der Waals surface area contributed by atoms with Crippen molar-refractivity contribution in [3.8, 4) is 0 Å². The van der Waals surface area contributed by atoms with Crippen LogP contribution in [0.1, 0.15) is 48.7 Å². The molecule has 1 aliphatic heterocycles. The molecule has 1 N–H and O–H groups in total. The van der Waals surface area contributed by atoms with Crippen LogP contribution < -0.4 is 5.32 Å². The van der Waals surface area contributed by atoms with Crippen molar-refractivity contribution in [1.82, 2.24) is 5.32 Å². The second-order valence-corrected chi connectivity index (χ2v) is 5.76. The average Bonchev–Trinajstić information content (AvgIpc) is 2.37. The van der Waals surface area contributed by atoms with E-state index in [9.17, 15) is 4.79 Å². The molecule has 2 rings (SSSR count). The Morgan fingerprint density at radius 1 is 1.32 bits per heavy atom. The summed E-state index contributed by atoms with van der Waals surface area (Å²) in [5, 5.41) is 3.32. The summed E-state index contributed by atoms with van der Waals surface area (Å²) in [7, 11) is 0. The van der Waals surface area contributed by atoms with Crippen molar-refractivity contribution in [1.29, 1.82) is 0 Å². The maximum absolute atomic E-state index is 12.1. The van der Waals surface area contributed by atoms with Crippen molar-refractivity contribution in [3.05, 3.63) is 34.9 Å². The summed E-state index contributed by atoms with van der Waals surface area (Å²) in [6, 6.07) is 5.90. The number of carbonyl (C=O) groups is 1. The number of nitrogens with one attached hydrogen (secondary N) is 1. The maximum atomic E-state index is 12.1. The van der Waals surface area contributed by atoms with Crippen molar-refractivity contribution < 1.29 is 9.53 Å². The molecule has 0 radical (unpaired) electrons. The SMILES string of the molecule is CC(C)CC(C)OC(=O)c1ccc2c(c1)CNCC2. The number of rotatable bonds is 4. The Morgan fingerprint density at radius 2 is 2.11 bits per heavy atom. The Balaban J connectivity index is 2.03. The summed E-state index contributed by atoms with van der Waals surface area (Å²) in [5.41, 5.74) is 3.22. The largest absolute Gasteiger partial charge is 0.459 e. The van der Waals surface area contributed by atoms with Gasteiger partial charge in [0.05, 0.1) is 11.7 Å². The van der Waals surface area contributed by atoms with E-state index in [4.69, 9.17) is 4.74 Å². The zero-order chi connectivity index (χ0) is 13.8. The third kappa shape index (κ3) is 3.80. The lowest BCUT2D eigenvalue weighted by molar-refractivity contribution is 0.0299. The molecule has 0 saturated heterocycles. The third-order valence-corrected chi connectivity index (χ3v) is 3.44. The fraction of sp³-hybridized carbons (Fsp3) is 0.562. The van der Waals surface area contributed by atoms with Gasteiger partial charge in [0, 0.05) is 6.54 Å². The maximum Gasteiger partial charge on any atom is 0.338 e. The van der Waals surface area contributed by atoms with Gasteiger partial charge < -0.3 is 10.1 Å². The summed E-state index contributed by atoms with van der Waals surface area (Å²) in [6.45, 7) is 8.09. The van der Waals surface area contributed by atoms with Gasteiger partial charge in [0.1, 0.15) is 0 Å². The minimum Gasteiger partial charge on any atom is -0.459 e. The van der Waals surface area contributed by atoms with E-state index in [1.807, 2.05) is 19.1 Å². The smallest absolute Gasteiger partial charge is 0.338 e. The number of benzene rings is 1. The summed E-state index contributed by atoms with van der Waals surface area (Å²) in [5.74, 6) is 0.331. The zero-order valence-corrected chi connectivity index (χ0v) is 12.0. The highest BCUT2D eigenvalue weighted by molar-refractivity contribution is 5.89. The van der Waals surface area contributed by atoms with E-state index in [1.54, 1.807) is 0 Å². The molecule has 0 bridgehead atoms. The highest BCUT2D eigenvalue weighted by Gasteiger charge is 2.16. The Labute approximate surface area is 115 Å². The Morgan fingerprint density at radius 3 is 2.84 bits per heavy atom. The van der Waals surface area contributed by atoms with Crippen LogP contribution in [-0.2, 0) is 17.7 Å². The van der Waals surface area contributed by atoms with Crippen molar-refractivity contribution in [3.63, 3.8) is 0 Å². The first-order valence-electron chi connectivity index (χ1n) is 7.09. The lowest BCUT2D eigenvalue weighted by Gasteiger charge is -2.19. The molecule has 0 saturated carbocycles. The van der Waals surface area contributed by atoms with Crippen LogP contribution in [0.3, 0.4) is 0 Å². The van der Waals surface area contributed by atoms with Crippen LogP contribution in [-0.4, -0.2) is 18.6 Å². The molecule has 1 heterocycles.